The van der Waals surface area contributed by atoms with Crippen LogP contribution in [0.1, 0.15) is 24.2 Å². The number of anilines is 1. The molecule has 2 aromatic carbocycles. The summed E-state index contributed by atoms with van der Waals surface area (Å²) in [5.74, 6) is -0.235. The van der Waals surface area contributed by atoms with E-state index in [4.69, 9.17) is 0 Å². The Bertz CT molecular complexity index is 703. The molecule has 0 bridgehead atoms. The largest absolute Gasteiger partial charge is 0.355 e. The molecule has 2 amide bonds. The van der Waals surface area contributed by atoms with Crippen molar-refractivity contribution in [2.75, 3.05) is 11.4 Å². The Morgan fingerprint density at radius 3 is 2.65 bits per heavy atom. The summed E-state index contributed by atoms with van der Waals surface area (Å²) >= 11 is 0. The summed E-state index contributed by atoms with van der Waals surface area (Å²) in [7, 11) is 0. The number of benzene rings is 2. The van der Waals surface area contributed by atoms with Crippen LogP contribution in [0, 0.1) is 0 Å². The average molecular weight is 268 g/mol. The molecule has 102 valence electrons. The molecule has 0 unspecified atom stereocenters. The van der Waals surface area contributed by atoms with Gasteiger partial charge in [0, 0.05) is 17.5 Å². The molecule has 2 aromatic rings. The highest BCUT2D eigenvalue weighted by molar-refractivity contribution is 6.26. The van der Waals surface area contributed by atoms with Gasteiger partial charge in [0.05, 0.1) is 5.69 Å². The molecular formula is C16H16N2O2. The Morgan fingerprint density at radius 2 is 1.95 bits per heavy atom. The first-order valence-electron chi connectivity index (χ1n) is 6.78. The minimum Gasteiger partial charge on any atom is -0.355 e. The molecule has 4 heteroatoms. The Hall–Kier alpha value is -2.36. The van der Waals surface area contributed by atoms with E-state index in [0.717, 1.165) is 16.5 Å². The number of carbonyl (C=O) groups is 2. The minimum absolute atomic E-state index is 0.101. The standard InChI is InChI=1S/C16H16N2O2/c1-3-17-15(19)10(2)18-13-9-5-7-11-6-4-8-12(14(11)13)16(18)20/h4-10H,3H2,1-2H3,(H,17,19)/t10-/m0/s1. The van der Waals surface area contributed by atoms with E-state index in [2.05, 4.69) is 5.32 Å². The smallest absolute Gasteiger partial charge is 0.259 e. The van der Waals surface area contributed by atoms with Crippen LogP contribution >= 0.6 is 0 Å². The zero-order chi connectivity index (χ0) is 14.3. The van der Waals surface area contributed by atoms with Crippen molar-refractivity contribution in [1.29, 1.82) is 0 Å². The fourth-order valence-electron chi connectivity index (χ4n) is 2.76. The second-order valence-electron chi connectivity index (χ2n) is 4.93. The van der Waals surface area contributed by atoms with Crippen molar-refractivity contribution in [2.24, 2.45) is 0 Å². The number of amides is 2. The van der Waals surface area contributed by atoms with Crippen molar-refractivity contribution in [3.8, 4) is 0 Å². The Labute approximate surface area is 117 Å². The van der Waals surface area contributed by atoms with E-state index in [0.29, 0.717) is 12.1 Å². The van der Waals surface area contributed by atoms with E-state index in [1.807, 2.05) is 43.3 Å². The maximum absolute atomic E-state index is 12.6. The molecule has 1 atom stereocenters. The molecular weight excluding hydrogens is 252 g/mol. The Morgan fingerprint density at radius 1 is 1.25 bits per heavy atom. The number of hydrogen-bond acceptors (Lipinski definition) is 2. The molecule has 0 aromatic heterocycles. The summed E-state index contributed by atoms with van der Waals surface area (Å²) in [4.78, 5) is 26.2. The quantitative estimate of drug-likeness (QED) is 0.928. The number of hydrogen-bond donors (Lipinski definition) is 1. The normalized spacial score (nSPS) is 14.7. The third-order valence-electron chi connectivity index (χ3n) is 3.71. The maximum atomic E-state index is 12.6. The number of rotatable bonds is 3. The van der Waals surface area contributed by atoms with E-state index in [-0.39, 0.29) is 11.8 Å². The molecule has 1 heterocycles. The molecule has 1 N–H and O–H groups in total. The average Bonchev–Trinajstić information content (AvgIpc) is 2.74. The van der Waals surface area contributed by atoms with Crippen molar-refractivity contribution in [3.63, 3.8) is 0 Å². The monoisotopic (exact) mass is 268 g/mol. The summed E-state index contributed by atoms with van der Waals surface area (Å²) < 4.78 is 0. The molecule has 1 aliphatic rings. The molecule has 0 radical (unpaired) electrons. The molecule has 0 saturated carbocycles. The number of likely N-dealkylation sites (N-methyl/N-ethyl adjacent to an activating group) is 1. The highest BCUT2D eigenvalue weighted by Crippen LogP contribution is 2.38. The third-order valence-corrected chi connectivity index (χ3v) is 3.71. The number of carbonyl (C=O) groups excluding carboxylic acids is 2. The summed E-state index contributed by atoms with van der Waals surface area (Å²) in [6.45, 7) is 4.18. The summed E-state index contributed by atoms with van der Waals surface area (Å²) in [6, 6.07) is 11.0. The van der Waals surface area contributed by atoms with Crippen LogP contribution in [-0.4, -0.2) is 24.4 Å². The van der Waals surface area contributed by atoms with Gasteiger partial charge in [-0.3, -0.25) is 14.5 Å². The van der Waals surface area contributed by atoms with Gasteiger partial charge >= 0.3 is 0 Å². The second kappa shape index (κ2) is 4.63. The van der Waals surface area contributed by atoms with Gasteiger partial charge in [-0.15, -0.1) is 0 Å². The minimum atomic E-state index is -0.513. The second-order valence-corrected chi connectivity index (χ2v) is 4.93. The number of nitrogens with zero attached hydrogens (tertiary/aromatic N) is 1. The van der Waals surface area contributed by atoms with Gasteiger partial charge in [-0.2, -0.15) is 0 Å². The lowest BCUT2D eigenvalue weighted by Gasteiger charge is -2.24. The van der Waals surface area contributed by atoms with E-state index < -0.39 is 6.04 Å². The van der Waals surface area contributed by atoms with Gasteiger partial charge < -0.3 is 5.32 Å². The lowest BCUT2D eigenvalue weighted by Crippen LogP contribution is -2.46. The predicted octanol–water partition coefficient (Wildman–Crippen LogP) is 2.32. The SMILES string of the molecule is CCNC(=O)[C@H](C)N1C(=O)c2cccc3cccc1c23. The first-order chi connectivity index (χ1) is 9.65. The lowest BCUT2D eigenvalue weighted by atomic mass is 10.1. The first kappa shape index (κ1) is 12.7. The van der Waals surface area contributed by atoms with Crippen molar-refractivity contribution >= 4 is 28.3 Å². The van der Waals surface area contributed by atoms with Crippen molar-refractivity contribution in [1.82, 2.24) is 5.32 Å². The van der Waals surface area contributed by atoms with Crippen molar-refractivity contribution < 1.29 is 9.59 Å². The van der Waals surface area contributed by atoms with Crippen molar-refractivity contribution in [2.45, 2.75) is 19.9 Å². The van der Waals surface area contributed by atoms with Gasteiger partial charge in [0.2, 0.25) is 5.91 Å². The van der Waals surface area contributed by atoms with E-state index >= 15 is 0 Å². The van der Waals surface area contributed by atoms with Crippen LogP contribution in [0.3, 0.4) is 0 Å². The van der Waals surface area contributed by atoms with Crippen LogP contribution in [0.5, 0.6) is 0 Å². The summed E-state index contributed by atoms with van der Waals surface area (Å²) in [5.41, 5.74) is 1.50. The fraction of sp³-hybridized carbons (Fsp3) is 0.250. The fourth-order valence-corrected chi connectivity index (χ4v) is 2.76. The van der Waals surface area contributed by atoms with E-state index in [1.54, 1.807) is 11.8 Å². The van der Waals surface area contributed by atoms with Gasteiger partial charge in [0.15, 0.2) is 0 Å². The van der Waals surface area contributed by atoms with Gasteiger partial charge in [-0.25, -0.2) is 0 Å². The Balaban J connectivity index is 2.11. The third kappa shape index (κ3) is 1.68. The molecule has 0 aliphatic carbocycles. The predicted molar refractivity (Wildman–Crippen MR) is 78.9 cm³/mol. The molecule has 0 fully saturated rings. The van der Waals surface area contributed by atoms with Gasteiger partial charge in [-0.05, 0) is 31.4 Å². The zero-order valence-corrected chi connectivity index (χ0v) is 11.5. The zero-order valence-electron chi connectivity index (χ0n) is 11.5. The van der Waals surface area contributed by atoms with Crippen LogP contribution in [0.2, 0.25) is 0 Å². The van der Waals surface area contributed by atoms with Crippen LogP contribution in [0.15, 0.2) is 36.4 Å². The van der Waals surface area contributed by atoms with Crippen LogP contribution in [-0.2, 0) is 4.79 Å². The summed E-state index contributed by atoms with van der Waals surface area (Å²) in [6.07, 6.45) is 0. The van der Waals surface area contributed by atoms with Crippen LogP contribution < -0.4 is 10.2 Å². The van der Waals surface area contributed by atoms with Gasteiger partial charge in [0.25, 0.3) is 5.91 Å². The maximum Gasteiger partial charge on any atom is 0.259 e. The van der Waals surface area contributed by atoms with Crippen molar-refractivity contribution in [3.05, 3.63) is 42.0 Å². The van der Waals surface area contributed by atoms with E-state index in [9.17, 15) is 9.59 Å². The Kier molecular flexibility index (Phi) is 2.93. The number of nitrogens with one attached hydrogen (secondary N) is 1. The molecule has 0 spiro atoms. The van der Waals surface area contributed by atoms with Crippen LogP contribution in [0.4, 0.5) is 5.69 Å². The summed E-state index contributed by atoms with van der Waals surface area (Å²) in [5, 5.41) is 4.74. The topological polar surface area (TPSA) is 49.4 Å². The molecule has 0 saturated heterocycles. The molecule has 3 rings (SSSR count). The first-order valence-corrected chi connectivity index (χ1v) is 6.78. The highest BCUT2D eigenvalue weighted by atomic mass is 16.2. The molecule has 20 heavy (non-hydrogen) atoms. The molecule has 4 nitrogen and oxygen atoms in total. The van der Waals surface area contributed by atoms with Gasteiger partial charge in [-0.1, -0.05) is 24.3 Å². The van der Waals surface area contributed by atoms with Crippen LogP contribution in [0.25, 0.3) is 10.8 Å². The highest BCUT2D eigenvalue weighted by Gasteiger charge is 2.35. The molecule has 1 aliphatic heterocycles. The lowest BCUT2D eigenvalue weighted by molar-refractivity contribution is -0.121. The van der Waals surface area contributed by atoms with Gasteiger partial charge in [0.1, 0.15) is 6.04 Å². The van der Waals surface area contributed by atoms with E-state index in [1.165, 1.54) is 0 Å².